The number of carbonyl (C=O) groups is 1. The van der Waals surface area contributed by atoms with Gasteiger partial charge >= 0.3 is 5.97 Å². The molecule has 5 nitrogen and oxygen atoms in total. The van der Waals surface area contributed by atoms with Crippen molar-refractivity contribution in [3.63, 3.8) is 0 Å². The van der Waals surface area contributed by atoms with Crippen LogP contribution in [0.2, 0.25) is 0 Å². The number of hydrogen-bond acceptors (Lipinski definition) is 5. The minimum Gasteiger partial charge on any atom is -0.465 e. The Labute approximate surface area is 113 Å². The van der Waals surface area contributed by atoms with Gasteiger partial charge in [-0.05, 0) is 17.7 Å². The van der Waals surface area contributed by atoms with Crippen LogP contribution in [-0.4, -0.2) is 55.9 Å². The highest BCUT2D eigenvalue weighted by Gasteiger charge is 2.22. The number of nitrogens with one attached hydrogen (secondary N) is 1. The van der Waals surface area contributed by atoms with Crippen LogP contribution in [0, 0.1) is 0 Å². The Morgan fingerprint density at radius 3 is 2.84 bits per heavy atom. The van der Waals surface area contributed by atoms with Crippen LogP contribution >= 0.6 is 0 Å². The van der Waals surface area contributed by atoms with Gasteiger partial charge in [-0.25, -0.2) is 4.79 Å². The van der Waals surface area contributed by atoms with Crippen LogP contribution in [0.3, 0.4) is 0 Å². The second-order valence-electron chi connectivity index (χ2n) is 4.60. The normalized spacial score (nSPS) is 18.0. The molecule has 1 heterocycles. The zero-order valence-electron chi connectivity index (χ0n) is 11.1. The summed E-state index contributed by atoms with van der Waals surface area (Å²) >= 11 is 0. The molecule has 1 aliphatic rings. The van der Waals surface area contributed by atoms with Gasteiger partial charge in [0.05, 0.1) is 25.3 Å². The van der Waals surface area contributed by atoms with E-state index < -0.39 is 0 Å². The lowest BCUT2D eigenvalue weighted by Crippen LogP contribution is -2.46. The number of methoxy groups -OCH3 is 1. The molecule has 1 aromatic carbocycles. The molecule has 0 spiro atoms. The van der Waals surface area contributed by atoms with E-state index in [0.29, 0.717) is 5.56 Å². The highest BCUT2D eigenvalue weighted by Crippen LogP contribution is 2.21. The summed E-state index contributed by atoms with van der Waals surface area (Å²) in [6, 6.07) is 7.23. The van der Waals surface area contributed by atoms with Crippen molar-refractivity contribution in [3.8, 4) is 0 Å². The van der Waals surface area contributed by atoms with Gasteiger partial charge in [0.15, 0.2) is 0 Å². The molecule has 1 atom stereocenters. The van der Waals surface area contributed by atoms with Crippen molar-refractivity contribution < 1.29 is 14.6 Å². The number of hydrogen-bond donors (Lipinski definition) is 2. The zero-order chi connectivity index (χ0) is 13.7. The fourth-order valence-electron chi connectivity index (χ4n) is 2.42. The lowest BCUT2D eigenvalue weighted by Gasteiger charge is -2.34. The van der Waals surface area contributed by atoms with Crippen LogP contribution in [0.1, 0.15) is 22.0 Å². The summed E-state index contributed by atoms with van der Waals surface area (Å²) in [5, 5.41) is 12.9. The smallest absolute Gasteiger partial charge is 0.337 e. The van der Waals surface area contributed by atoms with E-state index in [2.05, 4.69) is 10.2 Å². The predicted octanol–water partition coefficient (Wildman–Crippen LogP) is 0.412. The molecule has 0 bridgehead atoms. The molecule has 1 aromatic rings. The summed E-state index contributed by atoms with van der Waals surface area (Å²) in [5.74, 6) is -0.348. The molecular weight excluding hydrogens is 244 g/mol. The maximum Gasteiger partial charge on any atom is 0.337 e. The lowest BCUT2D eigenvalue weighted by molar-refractivity contribution is 0.0599. The first-order valence-electron chi connectivity index (χ1n) is 6.50. The van der Waals surface area contributed by atoms with Gasteiger partial charge < -0.3 is 15.2 Å². The average molecular weight is 264 g/mol. The summed E-state index contributed by atoms with van der Waals surface area (Å²) < 4.78 is 4.73. The van der Waals surface area contributed by atoms with E-state index in [1.165, 1.54) is 7.11 Å². The molecule has 0 aromatic heterocycles. The largest absolute Gasteiger partial charge is 0.465 e. The molecule has 0 unspecified atom stereocenters. The fourth-order valence-corrected chi connectivity index (χ4v) is 2.42. The minimum atomic E-state index is -0.348. The number of aliphatic hydroxyl groups excluding tert-OH is 1. The monoisotopic (exact) mass is 264 g/mol. The second-order valence-corrected chi connectivity index (χ2v) is 4.60. The first kappa shape index (κ1) is 14.0. The molecule has 2 rings (SSSR count). The Morgan fingerprint density at radius 2 is 2.21 bits per heavy atom. The molecule has 1 fully saturated rings. The van der Waals surface area contributed by atoms with Crippen LogP contribution in [-0.2, 0) is 4.74 Å². The highest BCUT2D eigenvalue weighted by molar-refractivity contribution is 5.89. The first-order chi connectivity index (χ1) is 9.26. The standard InChI is InChI=1S/C14H20N2O3/c1-19-14(18)12-4-2-3-11(9-12)13(10-17)16-7-5-15-6-8-16/h2-4,9,13,15,17H,5-8,10H2,1H3/t13-/m1/s1. The molecule has 5 heteroatoms. The summed E-state index contributed by atoms with van der Waals surface area (Å²) in [6.45, 7) is 3.69. The van der Waals surface area contributed by atoms with Crippen LogP contribution in [0.5, 0.6) is 0 Å². The van der Waals surface area contributed by atoms with Crippen molar-refractivity contribution in [1.29, 1.82) is 0 Å². The van der Waals surface area contributed by atoms with Gasteiger partial charge in [0.25, 0.3) is 0 Å². The number of aliphatic hydroxyl groups is 1. The zero-order valence-corrected chi connectivity index (χ0v) is 11.1. The van der Waals surface area contributed by atoms with Crippen molar-refractivity contribution in [1.82, 2.24) is 10.2 Å². The molecule has 0 saturated carbocycles. The van der Waals surface area contributed by atoms with E-state index >= 15 is 0 Å². The van der Waals surface area contributed by atoms with Gasteiger partial charge in [0.1, 0.15) is 0 Å². The van der Waals surface area contributed by atoms with Crippen molar-refractivity contribution in [3.05, 3.63) is 35.4 Å². The maximum atomic E-state index is 11.5. The van der Waals surface area contributed by atoms with Crippen LogP contribution in [0.15, 0.2) is 24.3 Å². The number of nitrogens with zero attached hydrogens (tertiary/aromatic N) is 1. The van der Waals surface area contributed by atoms with Gasteiger partial charge in [-0.15, -0.1) is 0 Å². The third-order valence-corrected chi connectivity index (χ3v) is 3.46. The SMILES string of the molecule is COC(=O)c1cccc([C@@H](CO)N2CCNCC2)c1. The number of ether oxygens (including phenoxy) is 1. The topological polar surface area (TPSA) is 61.8 Å². The number of carbonyl (C=O) groups excluding carboxylic acids is 1. The predicted molar refractivity (Wildman–Crippen MR) is 72.1 cm³/mol. The van der Waals surface area contributed by atoms with E-state index in [9.17, 15) is 9.90 Å². The maximum absolute atomic E-state index is 11.5. The molecule has 2 N–H and O–H groups in total. The van der Waals surface area contributed by atoms with Gasteiger partial charge in [-0.2, -0.15) is 0 Å². The quantitative estimate of drug-likeness (QED) is 0.771. The third-order valence-electron chi connectivity index (χ3n) is 3.46. The highest BCUT2D eigenvalue weighted by atomic mass is 16.5. The van der Waals surface area contributed by atoms with Crippen LogP contribution < -0.4 is 5.32 Å². The molecule has 1 aliphatic heterocycles. The lowest BCUT2D eigenvalue weighted by atomic mass is 10.0. The average Bonchev–Trinajstić information content (AvgIpc) is 2.48. The molecule has 0 radical (unpaired) electrons. The number of piperazine rings is 1. The molecule has 0 amide bonds. The van der Waals surface area contributed by atoms with E-state index in [4.69, 9.17) is 4.74 Å². The number of benzene rings is 1. The number of rotatable bonds is 4. The fraction of sp³-hybridized carbons (Fsp3) is 0.500. The van der Waals surface area contributed by atoms with Crippen molar-refractivity contribution in [2.75, 3.05) is 39.9 Å². The van der Waals surface area contributed by atoms with E-state index in [1.54, 1.807) is 12.1 Å². The van der Waals surface area contributed by atoms with E-state index in [0.717, 1.165) is 31.7 Å². The summed E-state index contributed by atoms with van der Waals surface area (Å²) in [6.07, 6.45) is 0. The van der Waals surface area contributed by atoms with Gasteiger partial charge in [0.2, 0.25) is 0 Å². The minimum absolute atomic E-state index is 0.0463. The van der Waals surface area contributed by atoms with Crippen LogP contribution in [0.25, 0.3) is 0 Å². The Kier molecular flexibility index (Phi) is 4.90. The van der Waals surface area contributed by atoms with E-state index in [-0.39, 0.29) is 18.6 Å². The second kappa shape index (κ2) is 6.65. The summed E-state index contributed by atoms with van der Waals surface area (Å²) in [4.78, 5) is 13.8. The first-order valence-corrected chi connectivity index (χ1v) is 6.50. The van der Waals surface area contributed by atoms with Gasteiger partial charge in [0, 0.05) is 26.2 Å². The Morgan fingerprint density at radius 1 is 1.47 bits per heavy atom. The Balaban J connectivity index is 2.19. The van der Waals surface area contributed by atoms with Crippen LogP contribution in [0.4, 0.5) is 0 Å². The third kappa shape index (κ3) is 3.32. The Hall–Kier alpha value is -1.43. The molecule has 104 valence electrons. The summed E-state index contributed by atoms with van der Waals surface area (Å²) in [7, 11) is 1.37. The number of esters is 1. The van der Waals surface area contributed by atoms with Crippen molar-refractivity contribution in [2.24, 2.45) is 0 Å². The van der Waals surface area contributed by atoms with Gasteiger partial charge in [-0.3, -0.25) is 4.90 Å². The Bertz CT molecular complexity index is 430. The van der Waals surface area contributed by atoms with Gasteiger partial charge in [-0.1, -0.05) is 12.1 Å². The molecule has 1 saturated heterocycles. The summed E-state index contributed by atoms with van der Waals surface area (Å²) in [5.41, 5.74) is 1.47. The van der Waals surface area contributed by atoms with Crippen molar-refractivity contribution >= 4 is 5.97 Å². The van der Waals surface area contributed by atoms with E-state index in [1.807, 2.05) is 12.1 Å². The molecule has 0 aliphatic carbocycles. The molecule has 19 heavy (non-hydrogen) atoms. The molecular formula is C14H20N2O3. The van der Waals surface area contributed by atoms with Crippen molar-refractivity contribution in [2.45, 2.75) is 6.04 Å².